The summed E-state index contributed by atoms with van der Waals surface area (Å²) in [5, 5.41) is 0. The van der Waals surface area contributed by atoms with Crippen LogP contribution in [0.2, 0.25) is 0 Å². The first-order chi connectivity index (χ1) is 7.86. The van der Waals surface area contributed by atoms with Crippen molar-refractivity contribution in [1.82, 2.24) is 0 Å². The Balaban J connectivity index is 0. The molecule has 0 spiro atoms. The Morgan fingerprint density at radius 3 is 1.76 bits per heavy atom. The van der Waals surface area contributed by atoms with Crippen molar-refractivity contribution in [1.29, 1.82) is 0 Å². The van der Waals surface area contributed by atoms with Crippen LogP contribution in [0, 0.1) is 0 Å². The fourth-order valence-corrected chi connectivity index (χ4v) is 0.607. The molecule has 0 aromatic carbocycles. The zero-order valence-electron chi connectivity index (χ0n) is 11.2. The van der Waals surface area contributed by atoms with Crippen molar-refractivity contribution < 1.29 is 19.1 Å². The molecular formula is C13H22O4. The number of carbonyl (C=O) groups excluding carboxylic acids is 2. The number of rotatable bonds is 5. The average molecular weight is 242 g/mol. The van der Waals surface area contributed by atoms with Gasteiger partial charge in [-0.05, 0) is 20.3 Å². The van der Waals surface area contributed by atoms with Crippen LogP contribution in [-0.4, -0.2) is 25.7 Å². The highest BCUT2D eigenvalue weighted by atomic mass is 16.5. The van der Waals surface area contributed by atoms with E-state index in [1.807, 2.05) is 0 Å². The third kappa shape index (κ3) is 12.4. The van der Waals surface area contributed by atoms with E-state index in [4.69, 9.17) is 4.74 Å². The van der Waals surface area contributed by atoms with Gasteiger partial charge >= 0.3 is 11.9 Å². The monoisotopic (exact) mass is 242 g/mol. The molecule has 4 nitrogen and oxygen atoms in total. The zero-order chi connectivity index (χ0) is 13.8. The number of carbonyl (C=O) groups is 2. The van der Waals surface area contributed by atoms with Crippen LogP contribution in [0.1, 0.15) is 33.6 Å². The van der Waals surface area contributed by atoms with Gasteiger partial charge in [-0.15, -0.1) is 0 Å². The van der Waals surface area contributed by atoms with Gasteiger partial charge in [0.25, 0.3) is 0 Å². The number of esters is 2. The molecule has 0 aromatic heterocycles. The second kappa shape index (κ2) is 10.9. The van der Waals surface area contributed by atoms with Crippen LogP contribution in [-0.2, 0) is 19.1 Å². The predicted molar refractivity (Wildman–Crippen MR) is 67.5 cm³/mol. The Bertz CT molecular complexity index is 279. The minimum atomic E-state index is -0.347. The Hall–Kier alpha value is -1.58. The van der Waals surface area contributed by atoms with Crippen LogP contribution in [0.3, 0.4) is 0 Å². The molecule has 0 atom stereocenters. The van der Waals surface area contributed by atoms with Crippen molar-refractivity contribution in [3.05, 3.63) is 24.3 Å². The average Bonchev–Trinajstić information content (AvgIpc) is 2.28. The van der Waals surface area contributed by atoms with Crippen LogP contribution >= 0.6 is 0 Å². The van der Waals surface area contributed by atoms with E-state index >= 15 is 0 Å². The molecule has 0 saturated heterocycles. The van der Waals surface area contributed by atoms with Gasteiger partial charge < -0.3 is 9.47 Å². The summed E-state index contributed by atoms with van der Waals surface area (Å²) in [6.45, 7) is 12.6. The minimum absolute atomic E-state index is 0.284. The van der Waals surface area contributed by atoms with Crippen LogP contribution < -0.4 is 0 Å². The minimum Gasteiger partial charge on any atom is -0.466 e. The second-order valence-electron chi connectivity index (χ2n) is 3.54. The lowest BCUT2D eigenvalue weighted by Gasteiger charge is -2.01. The maximum absolute atomic E-state index is 10.7. The lowest BCUT2D eigenvalue weighted by atomic mass is 10.3. The Morgan fingerprint density at radius 2 is 1.53 bits per heavy atom. The first kappa shape index (κ1) is 17.8. The number of hydrogen-bond donors (Lipinski definition) is 0. The van der Waals surface area contributed by atoms with E-state index in [1.54, 1.807) is 13.8 Å². The van der Waals surface area contributed by atoms with Crippen LogP contribution in [0.15, 0.2) is 24.3 Å². The van der Waals surface area contributed by atoms with E-state index < -0.39 is 0 Å². The van der Waals surface area contributed by atoms with Crippen LogP contribution in [0.5, 0.6) is 0 Å². The number of hydrogen-bond acceptors (Lipinski definition) is 4. The summed E-state index contributed by atoms with van der Waals surface area (Å²) in [6, 6.07) is 0. The van der Waals surface area contributed by atoms with E-state index in [0.717, 1.165) is 12.8 Å². The van der Waals surface area contributed by atoms with Crippen molar-refractivity contribution in [2.45, 2.75) is 33.6 Å². The molecule has 0 heterocycles. The molecule has 0 saturated carbocycles. The van der Waals surface area contributed by atoms with E-state index in [0.29, 0.717) is 17.8 Å². The molecule has 0 aromatic rings. The summed E-state index contributed by atoms with van der Waals surface area (Å²) in [5.41, 5.74) is 0.901. The molecule has 0 radical (unpaired) electrons. The Labute approximate surface area is 103 Å². The molecule has 0 N–H and O–H groups in total. The molecular weight excluding hydrogens is 220 g/mol. The summed E-state index contributed by atoms with van der Waals surface area (Å²) in [5.74, 6) is -0.631. The van der Waals surface area contributed by atoms with Gasteiger partial charge in [0.1, 0.15) is 0 Å². The van der Waals surface area contributed by atoms with Crippen molar-refractivity contribution in [2.24, 2.45) is 0 Å². The van der Waals surface area contributed by atoms with Gasteiger partial charge in [0.05, 0.1) is 13.7 Å². The van der Waals surface area contributed by atoms with E-state index in [9.17, 15) is 9.59 Å². The quantitative estimate of drug-likeness (QED) is 0.422. The molecule has 0 fully saturated rings. The number of methoxy groups -OCH3 is 1. The van der Waals surface area contributed by atoms with Gasteiger partial charge in [0.2, 0.25) is 0 Å². The normalized spacial score (nSPS) is 8.47. The largest absolute Gasteiger partial charge is 0.466 e. The Morgan fingerprint density at radius 1 is 1.06 bits per heavy atom. The lowest BCUT2D eigenvalue weighted by Crippen LogP contribution is -2.05. The highest BCUT2D eigenvalue weighted by molar-refractivity contribution is 5.87. The SMILES string of the molecule is C=C(C)C(=O)OC.C=C(C)C(=O)OCCCC. The maximum Gasteiger partial charge on any atom is 0.333 e. The van der Waals surface area contributed by atoms with Crippen molar-refractivity contribution >= 4 is 11.9 Å². The van der Waals surface area contributed by atoms with Gasteiger partial charge in [0, 0.05) is 11.1 Å². The highest BCUT2D eigenvalue weighted by Crippen LogP contribution is 1.94. The van der Waals surface area contributed by atoms with Gasteiger partial charge in [-0.3, -0.25) is 0 Å². The lowest BCUT2D eigenvalue weighted by molar-refractivity contribution is -0.139. The van der Waals surface area contributed by atoms with Gasteiger partial charge in [0.15, 0.2) is 0 Å². The predicted octanol–water partition coefficient (Wildman–Crippen LogP) is 2.64. The van der Waals surface area contributed by atoms with E-state index in [2.05, 4.69) is 24.8 Å². The first-order valence-corrected chi connectivity index (χ1v) is 5.43. The topological polar surface area (TPSA) is 52.6 Å². The standard InChI is InChI=1S/C8H14O2.C5H8O2/c1-4-5-6-10-8(9)7(2)3;1-4(2)5(6)7-3/h2,4-6H2,1,3H3;1H2,2-3H3. The fraction of sp³-hybridized carbons (Fsp3) is 0.538. The third-order valence-corrected chi connectivity index (χ3v) is 1.61. The number of ether oxygens (including phenoxy) is 2. The highest BCUT2D eigenvalue weighted by Gasteiger charge is 2.00. The summed E-state index contributed by atoms with van der Waals surface area (Å²) in [6.07, 6.45) is 1.97. The fourth-order valence-electron chi connectivity index (χ4n) is 0.607. The molecule has 98 valence electrons. The number of unbranched alkanes of at least 4 members (excludes halogenated alkanes) is 1. The van der Waals surface area contributed by atoms with Crippen LogP contribution in [0.25, 0.3) is 0 Å². The van der Waals surface area contributed by atoms with Gasteiger partial charge in [-0.1, -0.05) is 26.5 Å². The molecule has 4 heteroatoms. The molecule has 0 amide bonds. The van der Waals surface area contributed by atoms with E-state index in [1.165, 1.54) is 7.11 Å². The van der Waals surface area contributed by atoms with Crippen molar-refractivity contribution in [3.63, 3.8) is 0 Å². The Kier molecular flexibility index (Phi) is 11.4. The van der Waals surface area contributed by atoms with Crippen molar-refractivity contribution in [2.75, 3.05) is 13.7 Å². The summed E-state index contributed by atoms with van der Waals surface area (Å²) in [7, 11) is 1.33. The van der Waals surface area contributed by atoms with E-state index in [-0.39, 0.29) is 11.9 Å². The maximum atomic E-state index is 10.7. The molecule has 0 aliphatic carbocycles. The zero-order valence-corrected chi connectivity index (χ0v) is 11.2. The first-order valence-electron chi connectivity index (χ1n) is 5.43. The smallest absolute Gasteiger partial charge is 0.333 e. The molecule has 0 bridgehead atoms. The van der Waals surface area contributed by atoms with Crippen molar-refractivity contribution in [3.8, 4) is 0 Å². The van der Waals surface area contributed by atoms with Gasteiger partial charge in [-0.25, -0.2) is 9.59 Å². The third-order valence-electron chi connectivity index (χ3n) is 1.61. The summed E-state index contributed by atoms with van der Waals surface area (Å²) in [4.78, 5) is 20.9. The van der Waals surface area contributed by atoms with Gasteiger partial charge in [-0.2, -0.15) is 0 Å². The molecule has 0 aliphatic heterocycles. The summed E-state index contributed by atoms with van der Waals surface area (Å²) >= 11 is 0. The molecule has 0 unspecified atom stereocenters. The van der Waals surface area contributed by atoms with Crippen LogP contribution in [0.4, 0.5) is 0 Å². The second-order valence-corrected chi connectivity index (χ2v) is 3.54. The molecule has 0 rings (SSSR count). The molecule has 0 aliphatic rings. The molecule has 17 heavy (non-hydrogen) atoms. The summed E-state index contributed by atoms with van der Waals surface area (Å²) < 4.78 is 9.08.